The monoisotopic (exact) mass is 317 g/mol. The number of piperazine rings is 1. The van der Waals surface area contributed by atoms with Crippen molar-refractivity contribution in [2.24, 2.45) is 0 Å². The Bertz CT molecular complexity index is 622. The van der Waals surface area contributed by atoms with Gasteiger partial charge in [0.1, 0.15) is 5.00 Å². The van der Waals surface area contributed by atoms with Gasteiger partial charge in [-0.15, -0.1) is 0 Å². The molecule has 1 aliphatic rings. The molecule has 1 saturated heterocycles. The number of amides is 2. The zero-order valence-corrected chi connectivity index (χ0v) is 13.3. The van der Waals surface area contributed by atoms with E-state index in [4.69, 9.17) is 0 Å². The normalized spacial score (nSPS) is 15.8. The van der Waals surface area contributed by atoms with Crippen LogP contribution in [0.1, 0.15) is 11.3 Å². The van der Waals surface area contributed by atoms with E-state index >= 15 is 0 Å². The largest absolute Gasteiger partial charge is 0.322 e. The molecule has 1 fully saturated rings. The van der Waals surface area contributed by atoms with Crippen molar-refractivity contribution in [2.75, 3.05) is 31.5 Å². The predicted octanol–water partition coefficient (Wildman–Crippen LogP) is 2.20. The Morgan fingerprint density at radius 1 is 1.27 bits per heavy atom. The third kappa shape index (κ3) is 3.80. The lowest BCUT2D eigenvalue weighted by atomic mass is 10.2. The molecule has 2 amide bonds. The Hall–Kier alpha value is -1.99. The maximum atomic E-state index is 12.2. The number of aryl methyl sites for hydroxylation is 1. The van der Waals surface area contributed by atoms with Crippen LogP contribution < -0.4 is 5.32 Å². The minimum absolute atomic E-state index is 0.0350. The van der Waals surface area contributed by atoms with Crippen molar-refractivity contribution in [1.82, 2.24) is 19.2 Å². The molecule has 2 aromatic heterocycles. The number of carbonyl (C=O) groups excluding carboxylic acids is 1. The molecule has 0 saturated carbocycles. The predicted molar refractivity (Wildman–Crippen MR) is 87.0 cm³/mol. The van der Waals surface area contributed by atoms with Gasteiger partial charge in [0.15, 0.2) is 0 Å². The van der Waals surface area contributed by atoms with Gasteiger partial charge in [0.25, 0.3) is 0 Å². The lowest BCUT2D eigenvalue weighted by molar-refractivity contribution is 0.143. The van der Waals surface area contributed by atoms with Crippen LogP contribution in [0.2, 0.25) is 0 Å². The van der Waals surface area contributed by atoms with E-state index < -0.39 is 0 Å². The lowest BCUT2D eigenvalue weighted by Crippen LogP contribution is -2.49. The molecule has 0 spiro atoms. The Balaban J connectivity index is 1.48. The Morgan fingerprint density at radius 2 is 2.00 bits per heavy atom. The SMILES string of the molecule is Cc1cc(NC(=O)N2CCN(Cc3ccncc3)CC2)sn1. The van der Waals surface area contributed by atoms with Gasteiger partial charge in [-0.3, -0.25) is 15.2 Å². The van der Waals surface area contributed by atoms with E-state index in [0.717, 1.165) is 43.4 Å². The number of rotatable bonds is 3. The molecule has 0 atom stereocenters. The minimum atomic E-state index is -0.0350. The molecular formula is C15H19N5OS. The first kappa shape index (κ1) is 14.9. The van der Waals surface area contributed by atoms with Gasteiger partial charge in [0, 0.05) is 45.1 Å². The number of aromatic nitrogens is 2. The van der Waals surface area contributed by atoms with E-state index in [2.05, 4.69) is 19.6 Å². The van der Waals surface area contributed by atoms with E-state index in [1.807, 2.05) is 42.4 Å². The highest BCUT2D eigenvalue weighted by molar-refractivity contribution is 7.10. The molecule has 22 heavy (non-hydrogen) atoms. The number of urea groups is 1. The first-order valence-electron chi connectivity index (χ1n) is 7.31. The summed E-state index contributed by atoms with van der Waals surface area (Å²) in [5.74, 6) is 0. The lowest BCUT2D eigenvalue weighted by Gasteiger charge is -2.34. The quantitative estimate of drug-likeness (QED) is 0.943. The topological polar surface area (TPSA) is 61.4 Å². The third-order valence-electron chi connectivity index (χ3n) is 3.67. The van der Waals surface area contributed by atoms with Gasteiger partial charge < -0.3 is 4.90 Å². The van der Waals surface area contributed by atoms with Gasteiger partial charge in [-0.2, -0.15) is 4.37 Å². The molecular weight excluding hydrogens is 298 g/mol. The number of pyridine rings is 1. The van der Waals surface area contributed by atoms with Crippen molar-refractivity contribution in [3.63, 3.8) is 0 Å². The van der Waals surface area contributed by atoms with Crippen molar-refractivity contribution in [3.05, 3.63) is 41.9 Å². The van der Waals surface area contributed by atoms with Crippen molar-refractivity contribution < 1.29 is 4.79 Å². The molecule has 0 aliphatic carbocycles. The number of nitrogens with zero attached hydrogens (tertiary/aromatic N) is 4. The van der Waals surface area contributed by atoms with Gasteiger partial charge in [-0.25, -0.2) is 4.79 Å². The fourth-order valence-corrected chi connectivity index (χ4v) is 3.11. The summed E-state index contributed by atoms with van der Waals surface area (Å²) in [7, 11) is 0. The van der Waals surface area contributed by atoms with Gasteiger partial charge in [-0.05, 0) is 42.2 Å². The number of carbonyl (C=O) groups is 1. The van der Waals surface area contributed by atoms with E-state index in [-0.39, 0.29) is 6.03 Å². The molecule has 1 aliphatic heterocycles. The average Bonchev–Trinajstić information content (AvgIpc) is 2.94. The van der Waals surface area contributed by atoms with Crippen LogP contribution in [0.5, 0.6) is 0 Å². The van der Waals surface area contributed by atoms with Gasteiger partial charge in [0.05, 0.1) is 5.69 Å². The maximum Gasteiger partial charge on any atom is 0.322 e. The standard InChI is InChI=1S/C15H19N5OS/c1-12-10-14(22-18-12)17-15(21)20-8-6-19(7-9-20)11-13-2-4-16-5-3-13/h2-5,10H,6-9,11H2,1H3,(H,17,21). The summed E-state index contributed by atoms with van der Waals surface area (Å²) in [6.07, 6.45) is 3.63. The summed E-state index contributed by atoms with van der Waals surface area (Å²) >= 11 is 1.32. The fourth-order valence-electron chi connectivity index (χ4n) is 2.46. The summed E-state index contributed by atoms with van der Waals surface area (Å²) in [5, 5.41) is 3.72. The van der Waals surface area contributed by atoms with Crippen LogP contribution in [0.3, 0.4) is 0 Å². The minimum Gasteiger partial charge on any atom is -0.322 e. The molecule has 116 valence electrons. The van der Waals surface area contributed by atoms with E-state index in [0.29, 0.717) is 0 Å². The highest BCUT2D eigenvalue weighted by Gasteiger charge is 2.21. The van der Waals surface area contributed by atoms with Crippen LogP contribution in [-0.4, -0.2) is 51.4 Å². The second kappa shape index (κ2) is 6.85. The molecule has 2 aromatic rings. The van der Waals surface area contributed by atoms with Crippen molar-refractivity contribution in [1.29, 1.82) is 0 Å². The van der Waals surface area contributed by atoms with E-state index in [9.17, 15) is 4.79 Å². The highest BCUT2D eigenvalue weighted by Crippen LogP contribution is 2.16. The summed E-state index contributed by atoms with van der Waals surface area (Å²) in [6.45, 7) is 6.09. The first-order chi connectivity index (χ1) is 10.7. The zero-order chi connectivity index (χ0) is 15.4. The van der Waals surface area contributed by atoms with Crippen LogP contribution in [0, 0.1) is 6.92 Å². The fraction of sp³-hybridized carbons (Fsp3) is 0.400. The van der Waals surface area contributed by atoms with Crippen molar-refractivity contribution in [3.8, 4) is 0 Å². The third-order valence-corrected chi connectivity index (χ3v) is 4.47. The Kier molecular flexibility index (Phi) is 4.65. The van der Waals surface area contributed by atoms with Crippen molar-refractivity contribution >= 4 is 22.6 Å². The van der Waals surface area contributed by atoms with Gasteiger partial charge >= 0.3 is 6.03 Å². The zero-order valence-electron chi connectivity index (χ0n) is 12.5. The van der Waals surface area contributed by atoms with Crippen LogP contribution in [0.15, 0.2) is 30.6 Å². The number of anilines is 1. The van der Waals surface area contributed by atoms with Crippen LogP contribution in [-0.2, 0) is 6.54 Å². The summed E-state index contributed by atoms with van der Waals surface area (Å²) < 4.78 is 4.17. The first-order valence-corrected chi connectivity index (χ1v) is 8.08. The Morgan fingerprint density at radius 3 is 2.64 bits per heavy atom. The summed E-state index contributed by atoms with van der Waals surface area (Å²) in [4.78, 5) is 20.5. The molecule has 0 unspecified atom stereocenters. The number of hydrogen-bond donors (Lipinski definition) is 1. The summed E-state index contributed by atoms with van der Waals surface area (Å²) in [6, 6.07) is 5.92. The highest BCUT2D eigenvalue weighted by atomic mass is 32.1. The number of hydrogen-bond acceptors (Lipinski definition) is 5. The second-order valence-corrected chi connectivity index (χ2v) is 6.19. The van der Waals surface area contributed by atoms with E-state index in [1.54, 1.807) is 0 Å². The van der Waals surface area contributed by atoms with E-state index in [1.165, 1.54) is 17.1 Å². The van der Waals surface area contributed by atoms with Gasteiger partial charge in [-0.1, -0.05) is 0 Å². The number of nitrogens with one attached hydrogen (secondary N) is 1. The van der Waals surface area contributed by atoms with Crippen molar-refractivity contribution in [2.45, 2.75) is 13.5 Å². The smallest absolute Gasteiger partial charge is 0.322 e. The Labute approximate surface area is 133 Å². The van der Waals surface area contributed by atoms with Crippen LogP contribution in [0.25, 0.3) is 0 Å². The molecule has 3 heterocycles. The summed E-state index contributed by atoms with van der Waals surface area (Å²) in [5.41, 5.74) is 2.19. The van der Waals surface area contributed by atoms with Gasteiger partial charge in [0.2, 0.25) is 0 Å². The molecule has 0 radical (unpaired) electrons. The second-order valence-electron chi connectivity index (χ2n) is 5.38. The van der Waals surface area contributed by atoms with Crippen LogP contribution >= 0.6 is 11.5 Å². The average molecular weight is 317 g/mol. The molecule has 6 nitrogen and oxygen atoms in total. The molecule has 7 heteroatoms. The molecule has 0 bridgehead atoms. The molecule has 1 N–H and O–H groups in total. The van der Waals surface area contributed by atoms with Crippen LogP contribution in [0.4, 0.5) is 9.80 Å². The molecule has 3 rings (SSSR count). The maximum absolute atomic E-state index is 12.2. The molecule has 0 aromatic carbocycles.